The molecule has 1 heterocycles. The van der Waals surface area contributed by atoms with Gasteiger partial charge in [-0.15, -0.1) is 11.3 Å². The van der Waals surface area contributed by atoms with Gasteiger partial charge in [0.25, 0.3) is 9.70 Å². The van der Waals surface area contributed by atoms with Crippen LogP contribution in [0.4, 0.5) is 5.00 Å². The molecule has 1 aromatic rings. The monoisotopic (exact) mass is 397 g/mol. The van der Waals surface area contributed by atoms with Crippen LogP contribution in [0.2, 0.25) is 0 Å². The minimum Gasteiger partial charge on any atom is -0.462 e. The molecule has 8 heteroatoms. The van der Waals surface area contributed by atoms with Gasteiger partial charge in [-0.2, -0.15) is 0 Å². The molecule has 1 aliphatic rings. The highest BCUT2D eigenvalue weighted by Crippen LogP contribution is 2.41. The van der Waals surface area contributed by atoms with Gasteiger partial charge in [0.15, 0.2) is 0 Å². The number of hydrogen-bond acceptors (Lipinski definition) is 4. The van der Waals surface area contributed by atoms with E-state index in [2.05, 4.69) is 12.2 Å². The van der Waals surface area contributed by atoms with Gasteiger partial charge in [-0.05, 0) is 37.2 Å². The van der Waals surface area contributed by atoms with E-state index in [9.17, 15) is 9.59 Å². The summed E-state index contributed by atoms with van der Waals surface area (Å²) < 4.78 is 3.17. The summed E-state index contributed by atoms with van der Waals surface area (Å²) in [5.41, 5.74) is 1.36. The van der Waals surface area contributed by atoms with Gasteiger partial charge in [0.05, 0.1) is 12.2 Å². The summed E-state index contributed by atoms with van der Waals surface area (Å²) in [4.78, 5) is 25.4. The molecule has 0 saturated carbocycles. The van der Waals surface area contributed by atoms with Crippen LogP contribution in [0.25, 0.3) is 0 Å². The highest BCUT2D eigenvalue weighted by Gasteiger charge is 2.34. The Balaban J connectivity index is 2.36. The van der Waals surface area contributed by atoms with E-state index in [1.807, 2.05) is 6.92 Å². The molecule has 1 aromatic heterocycles. The lowest BCUT2D eigenvalue weighted by Gasteiger charge is -2.18. The Labute approximate surface area is 154 Å². The number of ether oxygens (including phenoxy) is 1. The van der Waals surface area contributed by atoms with Crippen molar-refractivity contribution in [2.75, 3.05) is 11.9 Å². The largest absolute Gasteiger partial charge is 0.462 e. The maximum absolute atomic E-state index is 12.4. The summed E-state index contributed by atoms with van der Waals surface area (Å²) in [5.74, 6) is -0.672. The van der Waals surface area contributed by atoms with E-state index < -0.39 is 15.7 Å². The minimum atomic E-state index is -2.08. The van der Waals surface area contributed by atoms with E-state index in [-0.39, 0.29) is 0 Å². The second-order valence-electron chi connectivity index (χ2n) is 5.64. The average molecular weight is 399 g/mol. The van der Waals surface area contributed by atoms with Crippen molar-refractivity contribution in [1.29, 1.82) is 0 Å². The minimum absolute atomic E-state index is 0.331. The molecule has 0 bridgehead atoms. The van der Waals surface area contributed by atoms with Crippen LogP contribution < -0.4 is 5.32 Å². The molecular weight excluding hydrogens is 381 g/mol. The van der Waals surface area contributed by atoms with E-state index in [0.717, 1.165) is 36.1 Å². The van der Waals surface area contributed by atoms with Crippen LogP contribution in [-0.4, -0.2) is 22.3 Å². The van der Waals surface area contributed by atoms with Crippen LogP contribution in [0.1, 0.15) is 47.5 Å². The maximum Gasteiger partial charge on any atom is 0.341 e. The van der Waals surface area contributed by atoms with Gasteiger partial charge in [-0.3, -0.25) is 4.79 Å². The number of thiophene rings is 1. The van der Waals surface area contributed by atoms with E-state index in [4.69, 9.17) is 39.5 Å². The number of hydrogen-bond donors (Lipinski definition) is 1. The highest BCUT2D eigenvalue weighted by atomic mass is 35.6. The second-order valence-corrected chi connectivity index (χ2v) is 9.03. The fourth-order valence-electron chi connectivity index (χ4n) is 2.50. The summed E-state index contributed by atoms with van der Waals surface area (Å²) in [6.07, 6.45) is 3.38. The zero-order valence-electron chi connectivity index (χ0n) is 12.9. The van der Waals surface area contributed by atoms with Gasteiger partial charge in [0.2, 0.25) is 0 Å². The van der Waals surface area contributed by atoms with Gasteiger partial charge in [0.1, 0.15) is 5.00 Å². The normalized spacial score (nSPS) is 17.5. The lowest BCUT2D eigenvalue weighted by molar-refractivity contribution is -0.115. The second kappa shape index (κ2) is 7.60. The van der Waals surface area contributed by atoms with E-state index in [0.29, 0.717) is 23.1 Å². The molecule has 0 aliphatic heterocycles. The molecule has 4 nitrogen and oxygen atoms in total. The summed E-state index contributed by atoms with van der Waals surface area (Å²) in [6.45, 7) is 4.42. The number of amides is 1. The summed E-state index contributed by atoms with van der Waals surface area (Å²) in [5, 5.41) is 2.97. The molecule has 0 fully saturated rings. The molecule has 0 radical (unpaired) electrons. The highest BCUT2D eigenvalue weighted by molar-refractivity contribution is 7.17. The van der Waals surface area contributed by atoms with Crippen molar-refractivity contribution in [2.45, 2.75) is 43.3 Å². The maximum atomic E-state index is 12.4. The van der Waals surface area contributed by atoms with E-state index in [1.165, 1.54) is 11.3 Å². The summed E-state index contributed by atoms with van der Waals surface area (Å²) in [7, 11) is 0. The Morgan fingerprint density at radius 1 is 1.39 bits per heavy atom. The van der Waals surface area contributed by atoms with E-state index >= 15 is 0 Å². The van der Waals surface area contributed by atoms with Crippen LogP contribution in [0.3, 0.4) is 0 Å². The van der Waals surface area contributed by atoms with Gasteiger partial charge in [-0.25, -0.2) is 4.79 Å². The fourth-order valence-corrected chi connectivity index (χ4v) is 4.03. The first-order valence-electron chi connectivity index (χ1n) is 7.43. The molecule has 0 spiro atoms. The first kappa shape index (κ1) is 18.8. The Hall–Kier alpha value is -0.490. The molecule has 128 valence electrons. The summed E-state index contributed by atoms with van der Waals surface area (Å²) in [6, 6.07) is 0. The fraction of sp³-hybridized carbons (Fsp3) is 0.600. The van der Waals surface area contributed by atoms with Crippen molar-refractivity contribution in [2.24, 2.45) is 5.92 Å². The summed E-state index contributed by atoms with van der Waals surface area (Å²) >= 11 is 18.2. The number of fused-ring (bicyclic) bond motifs is 1. The molecule has 1 unspecified atom stereocenters. The smallest absolute Gasteiger partial charge is 0.341 e. The van der Waals surface area contributed by atoms with Crippen molar-refractivity contribution in [3.05, 3.63) is 16.0 Å². The van der Waals surface area contributed by atoms with Crippen molar-refractivity contribution in [3.63, 3.8) is 0 Å². The standard InChI is InChI=1S/C15H18Cl3NO3S/c1-3-6-22-13(20)11-9-5-4-8(2)7-10(9)23-12(11)19-14(21)15(16,17)18/h8H,3-7H2,1-2H3,(H,19,21). The van der Waals surface area contributed by atoms with Crippen molar-refractivity contribution < 1.29 is 14.3 Å². The number of anilines is 1. The number of alkyl halides is 3. The number of esters is 1. The SMILES string of the molecule is CCCOC(=O)c1c(NC(=O)C(Cl)(Cl)Cl)sc2c1CCC(C)C2. The first-order valence-corrected chi connectivity index (χ1v) is 9.38. The number of carbonyl (C=O) groups is 2. The molecule has 2 rings (SSSR count). The van der Waals surface area contributed by atoms with Crippen molar-refractivity contribution in [3.8, 4) is 0 Å². The van der Waals surface area contributed by atoms with Crippen LogP contribution in [-0.2, 0) is 22.4 Å². The van der Waals surface area contributed by atoms with Crippen molar-refractivity contribution in [1.82, 2.24) is 0 Å². The number of nitrogens with one attached hydrogen (secondary N) is 1. The molecule has 1 atom stereocenters. The predicted molar refractivity (Wildman–Crippen MR) is 95.0 cm³/mol. The van der Waals surface area contributed by atoms with Crippen LogP contribution in [0.15, 0.2) is 0 Å². The third-order valence-corrected chi connectivity index (χ3v) is 5.32. The number of carbonyl (C=O) groups excluding carboxylic acids is 2. The van der Waals surface area contributed by atoms with Crippen LogP contribution in [0, 0.1) is 5.92 Å². The molecule has 23 heavy (non-hydrogen) atoms. The molecule has 1 N–H and O–H groups in total. The Kier molecular flexibility index (Phi) is 6.22. The lowest BCUT2D eigenvalue weighted by atomic mass is 9.88. The molecule has 0 saturated heterocycles. The first-order chi connectivity index (χ1) is 10.7. The Bertz CT molecular complexity index is 610. The van der Waals surface area contributed by atoms with Crippen LogP contribution in [0.5, 0.6) is 0 Å². The Morgan fingerprint density at radius 3 is 2.70 bits per heavy atom. The van der Waals surface area contributed by atoms with Gasteiger partial charge < -0.3 is 10.1 Å². The zero-order chi connectivity index (χ0) is 17.2. The Morgan fingerprint density at radius 2 is 2.09 bits per heavy atom. The van der Waals surface area contributed by atoms with Gasteiger partial charge in [-0.1, -0.05) is 48.7 Å². The molecular formula is C15H18Cl3NO3S. The average Bonchev–Trinajstić information content (AvgIpc) is 2.80. The van der Waals surface area contributed by atoms with Gasteiger partial charge >= 0.3 is 5.97 Å². The van der Waals surface area contributed by atoms with Gasteiger partial charge in [0, 0.05) is 4.88 Å². The van der Waals surface area contributed by atoms with Crippen LogP contribution >= 0.6 is 46.1 Å². The quantitative estimate of drug-likeness (QED) is 0.588. The predicted octanol–water partition coefficient (Wildman–Crippen LogP) is 4.75. The lowest BCUT2D eigenvalue weighted by Crippen LogP contribution is -2.27. The van der Waals surface area contributed by atoms with E-state index in [1.54, 1.807) is 0 Å². The number of halogens is 3. The molecule has 0 aromatic carbocycles. The topological polar surface area (TPSA) is 55.4 Å². The third-order valence-electron chi connectivity index (χ3n) is 3.64. The molecule has 1 aliphatic carbocycles. The third kappa shape index (κ3) is 4.53. The molecule has 1 amide bonds. The zero-order valence-corrected chi connectivity index (χ0v) is 16.0. The van der Waals surface area contributed by atoms with Crippen molar-refractivity contribution >= 4 is 63.0 Å². The number of rotatable bonds is 4.